The number of nitrogens with one attached hydrogen (secondary N) is 3. The Labute approximate surface area is 131 Å². The van der Waals surface area contributed by atoms with E-state index >= 15 is 0 Å². The van der Waals surface area contributed by atoms with E-state index in [1.807, 2.05) is 25.1 Å². The zero-order valence-corrected chi connectivity index (χ0v) is 12.6. The van der Waals surface area contributed by atoms with Crippen molar-refractivity contribution in [2.45, 2.75) is 32.4 Å². The van der Waals surface area contributed by atoms with E-state index in [0.29, 0.717) is 12.8 Å². The quantitative estimate of drug-likeness (QED) is 0.755. The minimum atomic E-state index is -0.419. The summed E-state index contributed by atoms with van der Waals surface area (Å²) in [5.74, 6) is -0.246. The van der Waals surface area contributed by atoms with Crippen LogP contribution >= 0.6 is 0 Å². The fourth-order valence-corrected chi connectivity index (χ4v) is 2.58. The number of hydrogen-bond donors (Lipinski definition) is 3. The molecular formula is C15H17N5O3. The van der Waals surface area contributed by atoms with Crippen LogP contribution in [0.3, 0.4) is 0 Å². The third-order valence-corrected chi connectivity index (χ3v) is 3.83. The second-order valence-corrected chi connectivity index (χ2v) is 5.54. The maximum atomic E-state index is 12.0. The van der Waals surface area contributed by atoms with E-state index in [1.54, 1.807) is 0 Å². The Bertz CT molecular complexity index is 807. The maximum Gasteiger partial charge on any atom is 0.343 e. The van der Waals surface area contributed by atoms with Crippen LogP contribution in [0.5, 0.6) is 0 Å². The highest BCUT2D eigenvalue weighted by molar-refractivity contribution is 5.93. The predicted octanol–water partition coefficient (Wildman–Crippen LogP) is 0.333. The van der Waals surface area contributed by atoms with Crippen molar-refractivity contribution < 1.29 is 9.59 Å². The molecule has 8 heteroatoms. The molecule has 1 atom stereocenters. The fourth-order valence-electron chi connectivity index (χ4n) is 2.58. The van der Waals surface area contributed by atoms with Gasteiger partial charge in [0.15, 0.2) is 0 Å². The van der Waals surface area contributed by atoms with Crippen LogP contribution in [-0.2, 0) is 22.6 Å². The summed E-state index contributed by atoms with van der Waals surface area (Å²) in [6, 6.07) is 5.52. The number of fused-ring (bicyclic) bond motifs is 1. The zero-order chi connectivity index (χ0) is 16.4. The fraction of sp³-hybridized carbons (Fsp3) is 0.333. The van der Waals surface area contributed by atoms with Crippen LogP contribution in [0.2, 0.25) is 0 Å². The number of rotatable bonds is 4. The lowest BCUT2D eigenvalue weighted by Crippen LogP contribution is -2.33. The van der Waals surface area contributed by atoms with Crippen molar-refractivity contribution in [2.24, 2.45) is 0 Å². The SMILES string of the molecule is C[C@H](NC(=O)Cn1cn[nH]c1=O)c1ccc2c(c1)CCC(=O)N2. The van der Waals surface area contributed by atoms with Crippen molar-refractivity contribution in [3.8, 4) is 0 Å². The number of anilines is 1. The minimum Gasteiger partial charge on any atom is -0.348 e. The Kier molecular flexibility index (Phi) is 3.96. The van der Waals surface area contributed by atoms with Gasteiger partial charge < -0.3 is 10.6 Å². The molecular weight excluding hydrogens is 298 g/mol. The van der Waals surface area contributed by atoms with Gasteiger partial charge in [-0.05, 0) is 30.5 Å². The number of amides is 2. The van der Waals surface area contributed by atoms with E-state index in [-0.39, 0.29) is 24.4 Å². The number of carbonyl (C=O) groups is 2. The molecule has 0 saturated heterocycles. The molecule has 2 aromatic rings. The van der Waals surface area contributed by atoms with Crippen molar-refractivity contribution in [2.75, 3.05) is 5.32 Å². The molecule has 1 aliphatic rings. The van der Waals surface area contributed by atoms with Crippen LogP contribution in [-0.4, -0.2) is 26.6 Å². The molecule has 1 aromatic heterocycles. The topological polar surface area (TPSA) is 109 Å². The Morgan fingerprint density at radius 1 is 1.39 bits per heavy atom. The third-order valence-electron chi connectivity index (χ3n) is 3.83. The van der Waals surface area contributed by atoms with Crippen molar-refractivity contribution in [3.63, 3.8) is 0 Å². The molecule has 0 unspecified atom stereocenters. The maximum absolute atomic E-state index is 12.0. The number of benzene rings is 1. The molecule has 0 fully saturated rings. The minimum absolute atomic E-state index is 0.0251. The number of aromatic nitrogens is 3. The Hall–Kier alpha value is -2.90. The number of aryl methyl sites for hydroxylation is 1. The lowest BCUT2D eigenvalue weighted by molar-refractivity contribution is -0.122. The molecule has 0 saturated carbocycles. The highest BCUT2D eigenvalue weighted by atomic mass is 16.2. The van der Waals surface area contributed by atoms with Gasteiger partial charge in [-0.15, -0.1) is 0 Å². The summed E-state index contributed by atoms with van der Waals surface area (Å²) >= 11 is 0. The summed E-state index contributed by atoms with van der Waals surface area (Å²) in [5.41, 5.74) is 2.42. The molecule has 0 radical (unpaired) electrons. The largest absolute Gasteiger partial charge is 0.348 e. The monoisotopic (exact) mass is 315 g/mol. The van der Waals surface area contributed by atoms with Crippen molar-refractivity contribution in [1.29, 1.82) is 0 Å². The summed E-state index contributed by atoms with van der Waals surface area (Å²) in [5, 5.41) is 11.5. The van der Waals surface area contributed by atoms with E-state index < -0.39 is 5.69 Å². The second-order valence-electron chi connectivity index (χ2n) is 5.54. The molecule has 1 aliphatic heterocycles. The lowest BCUT2D eigenvalue weighted by Gasteiger charge is -2.20. The van der Waals surface area contributed by atoms with Gasteiger partial charge >= 0.3 is 5.69 Å². The van der Waals surface area contributed by atoms with Crippen LogP contribution in [0.15, 0.2) is 29.3 Å². The van der Waals surface area contributed by atoms with E-state index in [2.05, 4.69) is 20.8 Å². The van der Waals surface area contributed by atoms with Gasteiger partial charge in [-0.3, -0.25) is 14.2 Å². The van der Waals surface area contributed by atoms with Crippen molar-refractivity contribution >= 4 is 17.5 Å². The third kappa shape index (κ3) is 3.31. The molecule has 120 valence electrons. The van der Waals surface area contributed by atoms with E-state index in [1.165, 1.54) is 10.9 Å². The number of hydrogen-bond acceptors (Lipinski definition) is 4. The van der Waals surface area contributed by atoms with Crippen LogP contribution in [0.1, 0.15) is 30.5 Å². The highest BCUT2D eigenvalue weighted by Crippen LogP contribution is 2.26. The molecule has 8 nitrogen and oxygen atoms in total. The van der Waals surface area contributed by atoms with Crippen LogP contribution in [0.4, 0.5) is 5.69 Å². The lowest BCUT2D eigenvalue weighted by atomic mass is 9.98. The average molecular weight is 315 g/mol. The summed E-state index contributed by atoms with van der Waals surface area (Å²) in [7, 11) is 0. The van der Waals surface area contributed by atoms with Crippen molar-refractivity contribution in [1.82, 2.24) is 20.1 Å². The van der Waals surface area contributed by atoms with E-state index in [4.69, 9.17) is 0 Å². The first-order chi connectivity index (χ1) is 11.0. The van der Waals surface area contributed by atoms with Gasteiger partial charge in [0.25, 0.3) is 0 Å². The summed E-state index contributed by atoms with van der Waals surface area (Å²) in [6.07, 6.45) is 2.45. The van der Waals surface area contributed by atoms with E-state index in [0.717, 1.165) is 16.8 Å². The zero-order valence-electron chi connectivity index (χ0n) is 12.6. The summed E-state index contributed by atoms with van der Waals surface area (Å²) in [4.78, 5) is 34.7. The van der Waals surface area contributed by atoms with Crippen molar-refractivity contribution in [3.05, 3.63) is 46.1 Å². The molecule has 2 heterocycles. The standard InChI is InChI=1S/C15H17N5O3/c1-9(17-14(22)7-20-8-16-19-15(20)23)10-2-4-12-11(6-10)3-5-13(21)18-12/h2,4,6,8-9H,3,5,7H2,1H3,(H,17,22)(H,18,21)(H,19,23)/t9-/m0/s1. The summed E-state index contributed by atoms with van der Waals surface area (Å²) in [6.45, 7) is 1.79. The van der Waals surface area contributed by atoms with Crippen LogP contribution in [0, 0.1) is 0 Å². The van der Waals surface area contributed by atoms with Gasteiger partial charge in [0, 0.05) is 12.1 Å². The van der Waals surface area contributed by atoms with Gasteiger partial charge in [0.05, 0.1) is 6.04 Å². The summed E-state index contributed by atoms with van der Waals surface area (Å²) < 4.78 is 1.20. The van der Waals surface area contributed by atoms with Gasteiger partial charge in [-0.25, -0.2) is 9.89 Å². The molecule has 3 N–H and O–H groups in total. The van der Waals surface area contributed by atoms with E-state index in [9.17, 15) is 14.4 Å². The number of aromatic amines is 1. The number of H-pyrrole nitrogens is 1. The molecule has 1 aromatic carbocycles. The molecule has 0 bridgehead atoms. The Morgan fingerprint density at radius 3 is 2.96 bits per heavy atom. The average Bonchev–Trinajstić information content (AvgIpc) is 2.91. The van der Waals surface area contributed by atoms with Crippen LogP contribution in [0.25, 0.3) is 0 Å². The van der Waals surface area contributed by atoms with Gasteiger partial charge in [0.2, 0.25) is 11.8 Å². The number of nitrogens with zero attached hydrogens (tertiary/aromatic N) is 2. The first-order valence-electron chi connectivity index (χ1n) is 7.35. The van der Waals surface area contributed by atoms with Crippen LogP contribution < -0.4 is 16.3 Å². The molecule has 23 heavy (non-hydrogen) atoms. The Morgan fingerprint density at radius 2 is 2.22 bits per heavy atom. The molecule has 0 aliphatic carbocycles. The Balaban J connectivity index is 1.67. The first kappa shape index (κ1) is 15.0. The normalized spacial score (nSPS) is 14.7. The van der Waals surface area contributed by atoms with Gasteiger partial charge in [-0.1, -0.05) is 12.1 Å². The number of carbonyl (C=O) groups excluding carboxylic acids is 2. The second kappa shape index (κ2) is 6.07. The van der Waals surface area contributed by atoms with Gasteiger partial charge in [0.1, 0.15) is 12.9 Å². The van der Waals surface area contributed by atoms with Gasteiger partial charge in [-0.2, -0.15) is 5.10 Å². The molecule has 0 spiro atoms. The molecule has 3 rings (SSSR count). The first-order valence-corrected chi connectivity index (χ1v) is 7.35. The smallest absolute Gasteiger partial charge is 0.343 e. The predicted molar refractivity (Wildman–Crippen MR) is 82.8 cm³/mol. The molecule has 2 amide bonds. The highest BCUT2D eigenvalue weighted by Gasteiger charge is 2.17.